The summed E-state index contributed by atoms with van der Waals surface area (Å²) in [6, 6.07) is 3.80. The van der Waals surface area contributed by atoms with Crippen molar-refractivity contribution >= 4 is 31.9 Å². The van der Waals surface area contributed by atoms with Gasteiger partial charge in [0.15, 0.2) is 0 Å². The van der Waals surface area contributed by atoms with Crippen molar-refractivity contribution in [2.75, 3.05) is 0 Å². The lowest BCUT2D eigenvalue weighted by Gasteiger charge is -2.07. The van der Waals surface area contributed by atoms with E-state index in [1.807, 2.05) is 25.3 Å². The van der Waals surface area contributed by atoms with Gasteiger partial charge >= 0.3 is 0 Å². The number of aromatic nitrogens is 2. The molecule has 2 rings (SSSR count). The van der Waals surface area contributed by atoms with E-state index in [4.69, 9.17) is 0 Å². The summed E-state index contributed by atoms with van der Waals surface area (Å²) in [5.74, 6) is 0.226. The van der Waals surface area contributed by atoms with Gasteiger partial charge < -0.3 is 10.4 Å². The molecule has 18 heavy (non-hydrogen) atoms. The fraction of sp³-hybridized carbons (Fsp3) is 0.250. The van der Waals surface area contributed by atoms with Crippen LogP contribution in [0.3, 0.4) is 0 Å². The van der Waals surface area contributed by atoms with Crippen LogP contribution in [0.25, 0.3) is 0 Å². The molecule has 0 saturated heterocycles. The van der Waals surface area contributed by atoms with Crippen LogP contribution in [0, 0.1) is 6.92 Å². The molecule has 0 spiro atoms. The van der Waals surface area contributed by atoms with Crippen LogP contribution >= 0.6 is 31.9 Å². The van der Waals surface area contributed by atoms with Crippen LogP contribution in [0.15, 0.2) is 27.3 Å². The summed E-state index contributed by atoms with van der Waals surface area (Å²) in [4.78, 5) is 0. The molecule has 2 aromatic rings. The molecule has 6 heteroatoms. The monoisotopic (exact) mass is 373 g/mol. The Hall–Kier alpha value is -0.850. The molecule has 0 aliphatic heterocycles. The number of phenols is 1. The second-order valence-electron chi connectivity index (χ2n) is 4.03. The molecule has 1 aromatic heterocycles. The number of aryl methyl sites for hydroxylation is 1. The summed E-state index contributed by atoms with van der Waals surface area (Å²) < 4.78 is 1.38. The summed E-state index contributed by atoms with van der Waals surface area (Å²) in [6.07, 6.45) is 1.82. The van der Waals surface area contributed by atoms with E-state index in [1.165, 1.54) is 0 Å². The molecule has 1 heterocycles. The predicted octanol–water partition coefficient (Wildman–Crippen LogP) is 3.24. The Labute approximate surface area is 122 Å². The first-order valence-electron chi connectivity index (χ1n) is 5.44. The number of benzene rings is 1. The second-order valence-corrected chi connectivity index (χ2v) is 5.74. The Balaban J connectivity index is 1.97. The van der Waals surface area contributed by atoms with Gasteiger partial charge in [-0.25, -0.2) is 0 Å². The Morgan fingerprint density at radius 3 is 2.50 bits per heavy atom. The zero-order valence-corrected chi connectivity index (χ0v) is 13.0. The molecular formula is C12H13Br2N3O. The average molecular weight is 375 g/mol. The molecule has 1 aromatic carbocycles. The SMILES string of the molecule is Cc1[nH]ncc1CNCc1cc(Br)c(O)c(Br)c1. The summed E-state index contributed by atoms with van der Waals surface area (Å²) >= 11 is 6.63. The Kier molecular flexibility index (Phi) is 4.42. The first-order chi connectivity index (χ1) is 8.58. The molecule has 0 aliphatic carbocycles. The molecule has 4 nitrogen and oxygen atoms in total. The minimum atomic E-state index is 0.226. The largest absolute Gasteiger partial charge is 0.506 e. The van der Waals surface area contributed by atoms with E-state index in [9.17, 15) is 5.11 Å². The van der Waals surface area contributed by atoms with Crippen LogP contribution in [-0.4, -0.2) is 15.3 Å². The highest BCUT2D eigenvalue weighted by atomic mass is 79.9. The van der Waals surface area contributed by atoms with E-state index in [2.05, 4.69) is 47.4 Å². The summed E-state index contributed by atoms with van der Waals surface area (Å²) in [5.41, 5.74) is 3.33. The minimum Gasteiger partial charge on any atom is -0.506 e. The van der Waals surface area contributed by atoms with Crippen LogP contribution < -0.4 is 5.32 Å². The third-order valence-corrected chi connectivity index (χ3v) is 3.86. The fourth-order valence-electron chi connectivity index (χ4n) is 1.62. The van der Waals surface area contributed by atoms with Crippen molar-refractivity contribution in [3.63, 3.8) is 0 Å². The molecule has 0 aliphatic rings. The van der Waals surface area contributed by atoms with Crippen molar-refractivity contribution in [1.82, 2.24) is 15.5 Å². The van der Waals surface area contributed by atoms with E-state index in [1.54, 1.807) is 0 Å². The van der Waals surface area contributed by atoms with Crippen molar-refractivity contribution in [2.45, 2.75) is 20.0 Å². The maximum atomic E-state index is 9.62. The molecule has 0 bridgehead atoms. The topological polar surface area (TPSA) is 60.9 Å². The van der Waals surface area contributed by atoms with E-state index in [0.29, 0.717) is 8.95 Å². The first kappa shape index (κ1) is 13.6. The highest BCUT2D eigenvalue weighted by Gasteiger charge is 2.06. The average Bonchev–Trinajstić information content (AvgIpc) is 2.72. The van der Waals surface area contributed by atoms with Gasteiger partial charge in [-0.3, -0.25) is 5.10 Å². The van der Waals surface area contributed by atoms with Gasteiger partial charge in [0, 0.05) is 24.3 Å². The number of phenolic OH excluding ortho intramolecular Hbond substituents is 1. The minimum absolute atomic E-state index is 0.226. The van der Waals surface area contributed by atoms with E-state index < -0.39 is 0 Å². The molecule has 0 unspecified atom stereocenters. The van der Waals surface area contributed by atoms with Crippen molar-refractivity contribution in [3.05, 3.63) is 44.1 Å². The summed E-state index contributed by atoms with van der Waals surface area (Å²) in [5, 5.41) is 19.8. The van der Waals surface area contributed by atoms with Crippen molar-refractivity contribution in [2.24, 2.45) is 0 Å². The number of H-pyrrole nitrogens is 1. The van der Waals surface area contributed by atoms with E-state index in [0.717, 1.165) is 29.9 Å². The van der Waals surface area contributed by atoms with Crippen LogP contribution in [0.2, 0.25) is 0 Å². The van der Waals surface area contributed by atoms with Gasteiger partial charge in [0.05, 0.1) is 15.1 Å². The van der Waals surface area contributed by atoms with Gasteiger partial charge in [0.1, 0.15) is 5.75 Å². The lowest BCUT2D eigenvalue weighted by molar-refractivity contribution is 0.468. The quantitative estimate of drug-likeness (QED) is 0.769. The van der Waals surface area contributed by atoms with Gasteiger partial charge in [0.25, 0.3) is 0 Å². The number of rotatable bonds is 4. The van der Waals surface area contributed by atoms with Gasteiger partial charge in [-0.15, -0.1) is 0 Å². The van der Waals surface area contributed by atoms with Gasteiger partial charge in [-0.2, -0.15) is 5.10 Å². The highest BCUT2D eigenvalue weighted by Crippen LogP contribution is 2.33. The lowest BCUT2D eigenvalue weighted by atomic mass is 10.2. The van der Waals surface area contributed by atoms with E-state index in [-0.39, 0.29) is 5.75 Å². The Morgan fingerprint density at radius 2 is 1.94 bits per heavy atom. The van der Waals surface area contributed by atoms with Crippen molar-refractivity contribution in [1.29, 1.82) is 0 Å². The third kappa shape index (κ3) is 3.13. The van der Waals surface area contributed by atoms with Gasteiger partial charge in [0.2, 0.25) is 0 Å². The highest BCUT2D eigenvalue weighted by molar-refractivity contribution is 9.11. The number of hydrogen-bond donors (Lipinski definition) is 3. The molecular weight excluding hydrogens is 362 g/mol. The number of nitrogens with one attached hydrogen (secondary N) is 2. The van der Waals surface area contributed by atoms with Crippen molar-refractivity contribution < 1.29 is 5.11 Å². The number of nitrogens with zero attached hydrogens (tertiary/aromatic N) is 1. The van der Waals surface area contributed by atoms with Crippen LogP contribution in [0.5, 0.6) is 5.75 Å². The number of aromatic amines is 1. The Bertz CT molecular complexity index is 531. The molecule has 0 radical (unpaired) electrons. The standard InChI is InChI=1S/C12H13Br2N3O/c1-7-9(6-16-17-7)5-15-4-8-2-10(13)12(18)11(14)3-8/h2-3,6,15,18H,4-5H2,1H3,(H,16,17). The van der Waals surface area contributed by atoms with E-state index >= 15 is 0 Å². The second kappa shape index (κ2) is 5.86. The smallest absolute Gasteiger partial charge is 0.143 e. The predicted molar refractivity (Wildman–Crippen MR) is 77.4 cm³/mol. The molecule has 0 atom stereocenters. The van der Waals surface area contributed by atoms with Crippen LogP contribution in [-0.2, 0) is 13.1 Å². The normalized spacial score (nSPS) is 10.8. The molecule has 0 saturated carbocycles. The zero-order valence-electron chi connectivity index (χ0n) is 9.80. The fourth-order valence-corrected chi connectivity index (χ4v) is 2.90. The molecule has 96 valence electrons. The number of halogens is 2. The zero-order chi connectivity index (χ0) is 13.1. The van der Waals surface area contributed by atoms with Crippen molar-refractivity contribution in [3.8, 4) is 5.75 Å². The first-order valence-corrected chi connectivity index (χ1v) is 7.03. The third-order valence-electron chi connectivity index (χ3n) is 2.66. The molecule has 3 N–H and O–H groups in total. The van der Waals surface area contributed by atoms with Crippen LogP contribution in [0.4, 0.5) is 0 Å². The van der Waals surface area contributed by atoms with Gasteiger partial charge in [-0.1, -0.05) is 0 Å². The van der Waals surface area contributed by atoms with Crippen LogP contribution in [0.1, 0.15) is 16.8 Å². The summed E-state index contributed by atoms with van der Waals surface area (Å²) in [7, 11) is 0. The van der Waals surface area contributed by atoms with Gasteiger partial charge in [-0.05, 0) is 56.5 Å². The maximum Gasteiger partial charge on any atom is 0.143 e. The maximum absolute atomic E-state index is 9.62. The lowest BCUT2D eigenvalue weighted by Crippen LogP contribution is -2.13. The molecule has 0 amide bonds. The number of aromatic hydroxyl groups is 1. The summed E-state index contributed by atoms with van der Waals surface area (Å²) in [6.45, 7) is 3.48. The Morgan fingerprint density at radius 1 is 1.28 bits per heavy atom. The molecule has 0 fully saturated rings. The number of hydrogen-bond acceptors (Lipinski definition) is 3.